The van der Waals surface area contributed by atoms with E-state index in [0.29, 0.717) is 29.6 Å². The molecule has 1 aliphatic heterocycles. The fourth-order valence-electron chi connectivity index (χ4n) is 3.27. The Hall–Kier alpha value is -1.33. The molecule has 2 atom stereocenters. The molecule has 9 heteroatoms. The molecule has 1 aliphatic rings. The summed E-state index contributed by atoms with van der Waals surface area (Å²) in [5.41, 5.74) is -0.410. The fourth-order valence-corrected chi connectivity index (χ4v) is 3.78. The van der Waals surface area contributed by atoms with E-state index >= 15 is 0 Å². The van der Waals surface area contributed by atoms with Gasteiger partial charge in [0.15, 0.2) is 0 Å². The summed E-state index contributed by atoms with van der Waals surface area (Å²) in [6, 6.07) is 1.87. The Morgan fingerprint density at radius 2 is 2.19 bits per heavy atom. The molecule has 2 rings (SSSR count). The van der Waals surface area contributed by atoms with E-state index in [1.807, 2.05) is 33.8 Å². The molecule has 1 N–H and O–H groups in total. The van der Waals surface area contributed by atoms with Gasteiger partial charge in [0.05, 0.1) is 0 Å². The third kappa shape index (κ3) is 5.58. The second kappa shape index (κ2) is 8.78. The molecule has 2 heterocycles. The van der Waals surface area contributed by atoms with Crippen molar-refractivity contribution in [2.24, 2.45) is 5.92 Å². The molecule has 0 aromatic carbocycles. The minimum absolute atomic E-state index is 0.167. The van der Waals surface area contributed by atoms with Gasteiger partial charge >= 0.3 is 176 Å². The molecule has 149 valence electrons. The summed E-state index contributed by atoms with van der Waals surface area (Å²) >= 11 is 0.780. The van der Waals surface area contributed by atoms with Crippen molar-refractivity contribution in [1.82, 2.24) is 15.4 Å². The standard InChI is InChI=1S/C18H28N3O5.Pb/c1-12-7-8-21(16(23)25-17(3,4)5)11-18(12,10-19-15(22)24-6)14-9-13(2)20-26-14;/h9,12H,6-8,10-11H2,1-5H3,(H,19,22);. The summed E-state index contributed by atoms with van der Waals surface area (Å²) < 4.78 is 16.6. The molecule has 1 saturated heterocycles. The van der Waals surface area contributed by atoms with E-state index in [-0.39, 0.29) is 12.0 Å². The number of aromatic nitrogens is 1. The predicted octanol–water partition coefficient (Wildman–Crippen LogP) is 2.35. The topological polar surface area (TPSA) is 93.9 Å². The first kappa shape index (κ1) is 22.0. The van der Waals surface area contributed by atoms with E-state index in [2.05, 4.69) is 17.4 Å². The van der Waals surface area contributed by atoms with Crippen LogP contribution in [-0.2, 0) is 14.9 Å². The average Bonchev–Trinajstić information content (AvgIpc) is 3.00. The third-order valence-electron chi connectivity index (χ3n) is 4.77. The first-order valence-electron chi connectivity index (χ1n) is 9.04. The molecule has 0 saturated carbocycles. The number of alkyl carbamates (subject to hydrolysis) is 1. The molecule has 2 amide bonds. The molecule has 27 heavy (non-hydrogen) atoms. The molecular formula is C18H28N3O5Pb. The quantitative estimate of drug-likeness (QED) is 0.556. The van der Waals surface area contributed by atoms with Crippen molar-refractivity contribution in [3.63, 3.8) is 0 Å². The summed E-state index contributed by atoms with van der Waals surface area (Å²) in [4.78, 5) is 26.2. The number of ether oxygens (including phenoxy) is 2. The number of carbonyl (C=O) groups is 2. The van der Waals surface area contributed by atoms with E-state index in [9.17, 15) is 9.59 Å². The molecule has 0 spiro atoms. The Morgan fingerprint density at radius 3 is 2.74 bits per heavy atom. The van der Waals surface area contributed by atoms with Crippen LogP contribution in [0, 0.1) is 12.8 Å². The zero-order valence-electron chi connectivity index (χ0n) is 16.6. The van der Waals surface area contributed by atoms with E-state index in [1.54, 1.807) is 4.90 Å². The van der Waals surface area contributed by atoms with Gasteiger partial charge in [0, 0.05) is 0 Å². The molecule has 0 bridgehead atoms. The monoisotopic (exact) mass is 574 g/mol. The summed E-state index contributed by atoms with van der Waals surface area (Å²) in [6.07, 6.45) is -0.0597. The van der Waals surface area contributed by atoms with Crippen molar-refractivity contribution >= 4 is 38.0 Å². The number of hydrogen-bond acceptors (Lipinski definition) is 6. The number of aryl methyl sites for hydroxylation is 1. The van der Waals surface area contributed by atoms with Crippen LogP contribution < -0.4 is 5.32 Å². The van der Waals surface area contributed by atoms with Crippen LogP contribution in [0.25, 0.3) is 0 Å². The molecule has 0 aliphatic carbocycles. The second-order valence-electron chi connectivity index (χ2n) is 8.01. The van der Waals surface area contributed by atoms with Gasteiger partial charge in [-0.2, -0.15) is 0 Å². The maximum atomic E-state index is 12.6. The van der Waals surface area contributed by atoms with Gasteiger partial charge in [0.25, 0.3) is 0 Å². The Bertz CT molecular complexity index is 672. The van der Waals surface area contributed by atoms with Crippen LogP contribution in [-0.4, -0.2) is 77.4 Å². The van der Waals surface area contributed by atoms with Gasteiger partial charge in [-0.15, -0.1) is 0 Å². The molecular weight excluding hydrogens is 545 g/mol. The molecule has 1 aromatic rings. The van der Waals surface area contributed by atoms with Gasteiger partial charge in [-0.1, -0.05) is 0 Å². The van der Waals surface area contributed by atoms with Gasteiger partial charge in [0.1, 0.15) is 0 Å². The summed E-state index contributed by atoms with van der Waals surface area (Å²) in [5, 5.41) is 6.85. The summed E-state index contributed by atoms with van der Waals surface area (Å²) in [6.45, 7) is 10.7. The van der Waals surface area contributed by atoms with Gasteiger partial charge in [-0.25, -0.2) is 0 Å². The number of likely N-dealkylation sites (tertiary alicyclic amines) is 1. The van der Waals surface area contributed by atoms with Gasteiger partial charge in [0.2, 0.25) is 0 Å². The molecule has 1 aromatic heterocycles. The zero-order valence-corrected chi connectivity index (χ0v) is 20.5. The van der Waals surface area contributed by atoms with Crippen LogP contribution in [0.1, 0.15) is 45.6 Å². The van der Waals surface area contributed by atoms with Crippen LogP contribution in [0.15, 0.2) is 10.6 Å². The normalized spacial score (nSPS) is 23.0. The van der Waals surface area contributed by atoms with E-state index < -0.39 is 17.1 Å². The number of rotatable bonds is 4. The molecule has 8 nitrogen and oxygen atoms in total. The van der Waals surface area contributed by atoms with Crippen LogP contribution in [0.4, 0.5) is 9.59 Å². The van der Waals surface area contributed by atoms with E-state index in [4.69, 9.17) is 14.0 Å². The first-order valence-corrected chi connectivity index (χ1v) is 11.8. The minimum atomic E-state index is -0.597. The van der Waals surface area contributed by atoms with Crippen molar-refractivity contribution < 1.29 is 23.6 Å². The van der Waals surface area contributed by atoms with Crippen LogP contribution in [0.5, 0.6) is 0 Å². The second-order valence-corrected chi connectivity index (χ2v) is 9.13. The Kier molecular flexibility index (Phi) is 7.15. The number of nitrogens with zero attached hydrogens (tertiary/aromatic N) is 2. The van der Waals surface area contributed by atoms with Crippen molar-refractivity contribution in [2.45, 2.75) is 52.1 Å². The first-order chi connectivity index (χ1) is 12.6. The molecule has 3 radical (unpaired) electrons. The fraction of sp³-hybridized carbons (Fsp3) is 0.722. The number of piperidine rings is 1. The van der Waals surface area contributed by atoms with Crippen molar-refractivity contribution in [1.29, 1.82) is 0 Å². The maximum absolute atomic E-state index is 12.6. The summed E-state index contributed by atoms with van der Waals surface area (Å²) in [5.74, 6) is 0.826. The zero-order chi connectivity index (χ0) is 20.2. The Labute approximate surface area is 176 Å². The number of nitrogens with one attached hydrogen (secondary N) is 1. The third-order valence-corrected chi connectivity index (χ3v) is 5.33. The number of carbonyl (C=O) groups excluding carboxylic acids is 2. The van der Waals surface area contributed by atoms with Gasteiger partial charge in [-0.05, 0) is 0 Å². The average molecular weight is 574 g/mol. The van der Waals surface area contributed by atoms with Crippen molar-refractivity contribution in [2.75, 3.05) is 23.8 Å². The summed E-state index contributed by atoms with van der Waals surface area (Å²) in [7, 11) is 0. The van der Waals surface area contributed by atoms with E-state index in [1.165, 1.54) is 0 Å². The van der Waals surface area contributed by atoms with Gasteiger partial charge in [-0.3, -0.25) is 0 Å². The molecule has 2 unspecified atom stereocenters. The van der Waals surface area contributed by atoms with E-state index in [0.717, 1.165) is 37.9 Å². The number of amides is 2. The Balaban J connectivity index is 2.28. The van der Waals surface area contributed by atoms with Crippen LogP contribution in [0.3, 0.4) is 0 Å². The SMILES string of the molecule is Cc1cc(C2(CNC(=O)O[CH2][Pb])CN(C(=O)OC(C)(C)C)CCC2C)on1. The van der Waals surface area contributed by atoms with Crippen molar-refractivity contribution in [3.05, 3.63) is 17.5 Å². The van der Waals surface area contributed by atoms with Gasteiger partial charge < -0.3 is 0 Å². The number of hydrogen-bond donors (Lipinski definition) is 1. The van der Waals surface area contributed by atoms with Crippen LogP contribution >= 0.6 is 0 Å². The Morgan fingerprint density at radius 1 is 1.48 bits per heavy atom. The van der Waals surface area contributed by atoms with Crippen LogP contribution in [0.2, 0.25) is 0 Å². The predicted molar refractivity (Wildman–Crippen MR) is 99.6 cm³/mol. The van der Waals surface area contributed by atoms with Crippen molar-refractivity contribution in [3.8, 4) is 0 Å². The molecule has 1 fully saturated rings.